The first-order chi connectivity index (χ1) is 14.7. The van der Waals surface area contributed by atoms with Crippen LogP contribution in [0.3, 0.4) is 0 Å². The Bertz CT molecular complexity index is 977. The Morgan fingerprint density at radius 1 is 1.06 bits per heavy atom. The molecular formula is C25H30N2O4. The number of rotatable bonds is 7. The molecule has 1 unspecified atom stereocenters. The first-order valence-electron chi connectivity index (χ1n) is 10.6. The van der Waals surface area contributed by atoms with E-state index in [9.17, 15) is 9.59 Å². The van der Waals surface area contributed by atoms with Gasteiger partial charge in [0.05, 0.1) is 17.7 Å². The summed E-state index contributed by atoms with van der Waals surface area (Å²) in [5.41, 5.74) is 4.00. The number of aryl methyl sites for hydroxylation is 1. The smallest absolute Gasteiger partial charge is 0.338 e. The van der Waals surface area contributed by atoms with Gasteiger partial charge >= 0.3 is 12.0 Å². The minimum absolute atomic E-state index is 0.0516. The molecule has 6 nitrogen and oxygen atoms in total. The molecular weight excluding hydrogens is 392 g/mol. The highest BCUT2D eigenvalue weighted by atomic mass is 16.5. The Morgan fingerprint density at radius 3 is 2.42 bits per heavy atom. The first kappa shape index (κ1) is 22.4. The van der Waals surface area contributed by atoms with Crippen molar-refractivity contribution in [2.24, 2.45) is 5.92 Å². The van der Waals surface area contributed by atoms with E-state index >= 15 is 0 Å². The molecule has 164 valence electrons. The third-order valence-corrected chi connectivity index (χ3v) is 4.96. The number of carbonyl (C=O) groups is 2. The van der Waals surface area contributed by atoms with Gasteiger partial charge in [0, 0.05) is 5.70 Å². The fourth-order valence-corrected chi connectivity index (χ4v) is 3.43. The van der Waals surface area contributed by atoms with Crippen molar-refractivity contribution in [3.8, 4) is 5.75 Å². The number of nitrogens with one attached hydrogen (secondary N) is 2. The van der Waals surface area contributed by atoms with E-state index in [1.807, 2.05) is 69.3 Å². The third-order valence-electron chi connectivity index (χ3n) is 4.96. The van der Waals surface area contributed by atoms with Crippen molar-refractivity contribution in [1.29, 1.82) is 0 Å². The van der Waals surface area contributed by atoms with E-state index < -0.39 is 12.0 Å². The number of esters is 1. The van der Waals surface area contributed by atoms with Crippen LogP contribution in [0.5, 0.6) is 5.75 Å². The van der Waals surface area contributed by atoms with Crippen LogP contribution in [0, 0.1) is 12.8 Å². The van der Waals surface area contributed by atoms with Gasteiger partial charge in [0.15, 0.2) is 0 Å². The second kappa shape index (κ2) is 9.69. The van der Waals surface area contributed by atoms with Gasteiger partial charge in [-0.1, -0.05) is 55.8 Å². The molecule has 1 heterocycles. The average Bonchev–Trinajstić information content (AvgIpc) is 2.72. The first-order valence-corrected chi connectivity index (χ1v) is 10.6. The Kier molecular flexibility index (Phi) is 7.00. The van der Waals surface area contributed by atoms with Crippen molar-refractivity contribution in [2.45, 2.75) is 53.4 Å². The van der Waals surface area contributed by atoms with Gasteiger partial charge in [-0.05, 0) is 49.9 Å². The monoisotopic (exact) mass is 422 g/mol. The van der Waals surface area contributed by atoms with Gasteiger partial charge in [-0.2, -0.15) is 0 Å². The van der Waals surface area contributed by atoms with Crippen molar-refractivity contribution >= 4 is 12.0 Å². The van der Waals surface area contributed by atoms with Gasteiger partial charge in [-0.15, -0.1) is 0 Å². The molecule has 0 saturated carbocycles. The number of allylic oxidation sites excluding steroid dienone is 1. The van der Waals surface area contributed by atoms with Gasteiger partial charge in [-0.3, -0.25) is 0 Å². The van der Waals surface area contributed by atoms with Gasteiger partial charge in [0.1, 0.15) is 12.4 Å². The molecule has 0 spiro atoms. The number of hydrogen-bond acceptors (Lipinski definition) is 4. The normalized spacial score (nSPS) is 16.2. The Balaban J connectivity index is 1.90. The Hall–Kier alpha value is -3.28. The molecule has 1 atom stereocenters. The van der Waals surface area contributed by atoms with Crippen LogP contribution in [0.1, 0.15) is 50.4 Å². The molecule has 0 saturated heterocycles. The molecule has 2 N–H and O–H groups in total. The van der Waals surface area contributed by atoms with Crippen LogP contribution in [-0.4, -0.2) is 18.1 Å². The molecule has 2 amide bonds. The van der Waals surface area contributed by atoms with E-state index in [-0.39, 0.29) is 18.1 Å². The number of benzene rings is 2. The molecule has 0 fully saturated rings. The molecule has 2 aromatic carbocycles. The minimum atomic E-state index is -0.625. The molecule has 2 aromatic rings. The highest BCUT2D eigenvalue weighted by Gasteiger charge is 2.35. The number of urea groups is 1. The number of amides is 2. The van der Waals surface area contributed by atoms with Crippen molar-refractivity contribution in [2.75, 3.05) is 0 Å². The summed E-state index contributed by atoms with van der Waals surface area (Å²) < 4.78 is 11.4. The topological polar surface area (TPSA) is 76.7 Å². The highest BCUT2D eigenvalue weighted by molar-refractivity contribution is 5.95. The molecule has 1 aliphatic rings. The number of carbonyl (C=O) groups excluding carboxylic acids is 2. The Morgan fingerprint density at radius 2 is 1.77 bits per heavy atom. The van der Waals surface area contributed by atoms with E-state index in [0.29, 0.717) is 23.6 Å². The predicted octanol–water partition coefficient (Wildman–Crippen LogP) is 4.79. The highest BCUT2D eigenvalue weighted by Crippen LogP contribution is 2.32. The van der Waals surface area contributed by atoms with E-state index in [1.54, 1.807) is 13.8 Å². The van der Waals surface area contributed by atoms with Gasteiger partial charge in [-0.25, -0.2) is 9.59 Å². The van der Waals surface area contributed by atoms with Crippen LogP contribution in [0.4, 0.5) is 4.79 Å². The summed E-state index contributed by atoms with van der Waals surface area (Å²) >= 11 is 0. The lowest BCUT2D eigenvalue weighted by atomic mass is 9.91. The van der Waals surface area contributed by atoms with Crippen LogP contribution in [0.25, 0.3) is 0 Å². The molecule has 0 radical (unpaired) electrons. The van der Waals surface area contributed by atoms with E-state index in [1.165, 1.54) is 5.56 Å². The van der Waals surface area contributed by atoms with Crippen LogP contribution in [0.15, 0.2) is 59.8 Å². The second-order valence-electron chi connectivity index (χ2n) is 8.31. The molecule has 6 heteroatoms. The number of ether oxygens (including phenoxy) is 2. The lowest BCUT2D eigenvalue weighted by Crippen LogP contribution is -2.47. The van der Waals surface area contributed by atoms with Crippen molar-refractivity contribution in [1.82, 2.24) is 10.6 Å². The van der Waals surface area contributed by atoms with Crippen molar-refractivity contribution in [3.05, 3.63) is 76.5 Å². The summed E-state index contributed by atoms with van der Waals surface area (Å²) in [4.78, 5) is 25.3. The van der Waals surface area contributed by atoms with Gasteiger partial charge < -0.3 is 20.1 Å². The van der Waals surface area contributed by atoms with Gasteiger partial charge in [0.2, 0.25) is 0 Å². The fraction of sp³-hybridized carbons (Fsp3) is 0.360. The third kappa shape index (κ3) is 5.66. The van der Waals surface area contributed by atoms with Crippen LogP contribution < -0.4 is 15.4 Å². The maximum atomic E-state index is 12.9. The molecule has 31 heavy (non-hydrogen) atoms. The summed E-state index contributed by atoms with van der Waals surface area (Å²) in [6.45, 7) is 9.94. The van der Waals surface area contributed by atoms with Gasteiger partial charge in [0.25, 0.3) is 0 Å². The fourth-order valence-electron chi connectivity index (χ4n) is 3.43. The summed E-state index contributed by atoms with van der Waals surface area (Å²) in [6.07, 6.45) is -0.268. The van der Waals surface area contributed by atoms with E-state index in [0.717, 1.165) is 11.1 Å². The summed E-state index contributed by atoms with van der Waals surface area (Å²) in [7, 11) is 0. The SMILES string of the molecule is Cc1ccc(COc2cccc(C3NC(=O)NC(C(C)C)=C3C(=O)OC(C)C)c2)cc1. The zero-order valence-corrected chi connectivity index (χ0v) is 18.7. The van der Waals surface area contributed by atoms with Crippen molar-refractivity contribution < 1.29 is 19.1 Å². The summed E-state index contributed by atoms with van der Waals surface area (Å²) in [6, 6.07) is 14.6. The van der Waals surface area contributed by atoms with Crippen LogP contribution in [0.2, 0.25) is 0 Å². The molecule has 1 aliphatic heterocycles. The maximum absolute atomic E-state index is 12.9. The summed E-state index contributed by atoms with van der Waals surface area (Å²) in [5.74, 6) is 0.167. The molecule has 0 bridgehead atoms. The quantitative estimate of drug-likeness (QED) is 0.629. The van der Waals surface area contributed by atoms with E-state index in [2.05, 4.69) is 10.6 Å². The zero-order valence-electron chi connectivity index (χ0n) is 18.7. The average molecular weight is 423 g/mol. The van der Waals surface area contributed by atoms with Crippen LogP contribution in [-0.2, 0) is 16.1 Å². The standard InChI is InChI=1S/C25H30N2O4/c1-15(2)22-21(24(28)31-16(3)4)23(27-25(29)26-22)19-7-6-8-20(13-19)30-14-18-11-9-17(5)10-12-18/h6-13,15-16,23H,14H2,1-5H3,(H2,26,27,29). The largest absolute Gasteiger partial charge is 0.489 e. The van der Waals surface area contributed by atoms with E-state index in [4.69, 9.17) is 9.47 Å². The lowest BCUT2D eigenvalue weighted by Gasteiger charge is -2.31. The van der Waals surface area contributed by atoms with Crippen LogP contribution >= 0.6 is 0 Å². The molecule has 0 aromatic heterocycles. The van der Waals surface area contributed by atoms with Crippen molar-refractivity contribution in [3.63, 3.8) is 0 Å². The second-order valence-corrected chi connectivity index (χ2v) is 8.31. The lowest BCUT2D eigenvalue weighted by molar-refractivity contribution is -0.143. The molecule has 3 rings (SSSR count). The summed E-state index contributed by atoms with van der Waals surface area (Å²) in [5, 5.41) is 5.65. The number of hydrogen-bond donors (Lipinski definition) is 2. The predicted molar refractivity (Wildman–Crippen MR) is 119 cm³/mol. The molecule has 0 aliphatic carbocycles. The zero-order chi connectivity index (χ0) is 22.5. The maximum Gasteiger partial charge on any atom is 0.338 e. The Labute approximate surface area is 183 Å². The minimum Gasteiger partial charge on any atom is -0.489 e.